The molecule has 5 heteroatoms. The molecule has 1 aliphatic carbocycles. The van der Waals surface area contributed by atoms with E-state index in [1.807, 2.05) is 24.3 Å². The third-order valence-electron chi connectivity index (χ3n) is 4.35. The van der Waals surface area contributed by atoms with Gasteiger partial charge in [0.2, 0.25) is 5.91 Å². The second-order valence-corrected chi connectivity index (χ2v) is 6.05. The van der Waals surface area contributed by atoms with Crippen LogP contribution < -0.4 is 15.0 Å². The summed E-state index contributed by atoms with van der Waals surface area (Å²) < 4.78 is 5.58. The van der Waals surface area contributed by atoms with Crippen LogP contribution in [0.3, 0.4) is 0 Å². The standard InChI is InChI=1S/C17H22N2O3/c1-12-17(21)19(14-9-5-6-10-15(14)22-12)11-16(20)18-13-7-3-2-4-8-13/h5-6,9-10,12-13H,2-4,7-8,11H2,1H3,(H,18,20)/t12-/m1/s1. The van der Waals surface area contributed by atoms with Crippen LogP contribution in [0, 0.1) is 0 Å². The van der Waals surface area contributed by atoms with Gasteiger partial charge in [-0.05, 0) is 31.9 Å². The molecular formula is C17H22N2O3. The van der Waals surface area contributed by atoms with Gasteiger partial charge in [-0.2, -0.15) is 0 Å². The molecule has 1 aromatic rings. The second-order valence-electron chi connectivity index (χ2n) is 6.05. The summed E-state index contributed by atoms with van der Waals surface area (Å²) in [6.07, 6.45) is 5.10. The molecule has 22 heavy (non-hydrogen) atoms. The first-order valence-electron chi connectivity index (χ1n) is 8.01. The van der Waals surface area contributed by atoms with Crippen LogP contribution in [0.2, 0.25) is 0 Å². The minimum atomic E-state index is -0.558. The summed E-state index contributed by atoms with van der Waals surface area (Å²) in [5.74, 6) is 0.390. The Morgan fingerprint density at radius 1 is 1.27 bits per heavy atom. The van der Waals surface area contributed by atoms with Crippen molar-refractivity contribution in [2.75, 3.05) is 11.4 Å². The molecule has 1 N–H and O–H groups in total. The highest BCUT2D eigenvalue weighted by molar-refractivity contribution is 6.03. The molecule has 1 saturated carbocycles. The summed E-state index contributed by atoms with van der Waals surface area (Å²) in [5.41, 5.74) is 0.671. The van der Waals surface area contributed by atoms with Gasteiger partial charge in [-0.25, -0.2) is 0 Å². The number of benzene rings is 1. The van der Waals surface area contributed by atoms with E-state index in [4.69, 9.17) is 4.74 Å². The Kier molecular flexibility index (Phi) is 4.32. The number of nitrogens with zero attached hydrogens (tertiary/aromatic N) is 1. The summed E-state index contributed by atoms with van der Waals surface area (Å²) in [5, 5.41) is 3.06. The van der Waals surface area contributed by atoms with Gasteiger partial charge in [0.15, 0.2) is 6.10 Å². The topological polar surface area (TPSA) is 58.6 Å². The van der Waals surface area contributed by atoms with Crippen molar-refractivity contribution in [1.29, 1.82) is 0 Å². The van der Waals surface area contributed by atoms with Gasteiger partial charge in [-0.3, -0.25) is 14.5 Å². The van der Waals surface area contributed by atoms with Crippen LogP contribution in [-0.4, -0.2) is 30.5 Å². The number of amides is 2. The third-order valence-corrected chi connectivity index (χ3v) is 4.35. The van der Waals surface area contributed by atoms with E-state index >= 15 is 0 Å². The van der Waals surface area contributed by atoms with E-state index < -0.39 is 6.10 Å². The monoisotopic (exact) mass is 302 g/mol. The molecule has 0 saturated heterocycles. The van der Waals surface area contributed by atoms with Crippen molar-refractivity contribution in [3.63, 3.8) is 0 Å². The molecule has 5 nitrogen and oxygen atoms in total. The Bertz CT molecular complexity index is 567. The highest BCUT2D eigenvalue weighted by atomic mass is 16.5. The highest BCUT2D eigenvalue weighted by Gasteiger charge is 2.32. The minimum Gasteiger partial charge on any atom is -0.479 e. The Morgan fingerprint density at radius 2 is 2.00 bits per heavy atom. The van der Waals surface area contributed by atoms with Gasteiger partial charge >= 0.3 is 0 Å². The van der Waals surface area contributed by atoms with Crippen molar-refractivity contribution in [1.82, 2.24) is 5.32 Å². The van der Waals surface area contributed by atoms with Crippen LogP contribution in [-0.2, 0) is 9.59 Å². The van der Waals surface area contributed by atoms with E-state index in [1.54, 1.807) is 6.92 Å². The molecule has 1 atom stereocenters. The van der Waals surface area contributed by atoms with Gasteiger partial charge in [0.05, 0.1) is 5.69 Å². The smallest absolute Gasteiger partial charge is 0.268 e. The van der Waals surface area contributed by atoms with Crippen molar-refractivity contribution in [3.8, 4) is 5.75 Å². The molecule has 1 fully saturated rings. The van der Waals surface area contributed by atoms with Crippen LogP contribution in [0.5, 0.6) is 5.75 Å². The molecule has 1 aliphatic heterocycles. The number of rotatable bonds is 3. The number of anilines is 1. The van der Waals surface area contributed by atoms with Gasteiger partial charge < -0.3 is 10.1 Å². The number of carbonyl (C=O) groups is 2. The maximum atomic E-state index is 12.3. The summed E-state index contributed by atoms with van der Waals surface area (Å²) in [6.45, 7) is 1.77. The Hall–Kier alpha value is -2.04. The molecule has 118 valence electrons. The lowest BCUT2D eigenvalue weighted by Gasteiger charge is -2.33. The molecule has 2 aliphatic rings. The summed E-state index contributed by atoms with van der Waals surface area (Å²) >= 11 is 0. The van der Waals surface area contributed by atoms with Crippen LogP contribution >= 0.6 is 0 Å². The molecule has 2 amide bonds. The van der Waals surface area contributed by atoms with Crippen LogP contribution in [0.15, 0.2) is 24.3 Å². The first-order chi connectivity index (χ1) is 10.6. The molecule has 0 radical (unpaired) electrons. The Morgan fingerprint density at radius 3 is 2.77 bits per heavy atom. The molecule has 0 bridgehead atoms. The Balaban J connectivity index is 1.70. The van der Waals surface area contributed by atoms with Crippen LogP contribution in [0.1, 0.15) is 39.0 Å². The number of fused-ring (bicyclic) bond motifs is 1. The van der Waals surface area contributed by atoms with Gasteiger partial charge in [-0.1, -0.05) is 31.4 Å². The summed E-state index contributed by atoms with van der Waals surface area (Å²) in [4.78, 5) is 26.2. The number of carbonyl (C=O) groups excluding carboxylic acids is 2. The van der Waals surface area contributed by atoms with E-state index in [2.05, 4.69) is 5.32 Å². The maximum Gasteiger partial charge on any atom is 0.268 e. The predicted molar refractivity (Wildman–Crippen MR) is 83.9 cm³/mol. The van der Waals surface area contributed by atoms with E-state index in [9.17, 15) is 9.59 Å². The molecule has 1 heterocycles. The molecule has 3 rings (SSSR count). The Labute approximate surface area is 130 Å². The first kappa shape index (κ1) is 14.9. The SMILES string of the molecule is C[C@H]1Oc2ccccc2N(CC(=O)NC2CCCCC2)C1=O. The zero-order chi connectivity index (χ0) is 15.5. The van der Waals surface area contributed by atoms with Crippen molar-refractivity contribution < 1.29 is 14.3 Å². The van der Waals surface area contributed by atoms with Gasteiger partial charge in [0.25, 0.3) is 5.91 Å². The largest absolute Gasteiger partial charge is 0.479 e. The van der Waals surface area contributed by atoms with E-state index in [0.29, 0.717) is 11.4 Å². The normalized spacial score (nSPS) is 22.0. The number of hydrogen-bond donors (Lipinski definition) is 1. The zero-order valence-corrected chi connectivity index (χ0v) is 12.9. The summed E-state index contributed by atoms with van der Waals surface area (Å²) in [7, 11) is 0. The number of ether oxygens (including phenoxy) is 1. The van der Waals surface area contributed by atoms with Crippen molar-refractivity contribution >= 4 is 17.5 Å². The fourth-order valence-electron chi connectivity index (χ4n) is 3.19. The number of hydrogen-bond acceptors (Lipinski definition) is 3. The lowest BCUT2D eigenvalue weighted by Crippen LogP contribution is -2.50. The van der Waals surface area contributed by atoms with E-state index in [0.717, 1.165) is 12.8 Å². The van der Waals surface area contributed by atoms with Gasteiger partial charge in [0, 0.05) is 6.04 Å². The van der Waals surface area contributed by atoms with Crippen molar-refractivity contribution in [2.45, 2.75) is 51.2 Å². The first-order valence-corrected chi connectivity index (χ1v) is 8.01. The molecule has 1 aromatic carbocycles. The fourth-order valence-corrected chi connectivity index (χ4v) is 3.19. The van der Waals surface area contributed by atoms with E-state index in [1.165, 1.54) is 24.2 Å². The third kappa shape index (κ3) is 3.08. The second kappa shape index (κ2) is 6.38. The average molecular weight is 302 g/mol. The molecule has 0 unspecified atom stereocenters. The zero-order valence-electron chi connectivity index (χ0n) is 12.9. The van der Waals surface area contributed by atoms with Gasteiger partial charge in [0.1, 0.15) is 12.3 Å². The highest BCUT2D eigenvalue weighted by Crippen LogP contribution is 2.33. The van der Waals surface area contributed by atoms with Crippen molar-refractivity contribution in [2.24, 2.45) is 0 Å². The molecule has 0 aromatic heterocycles. The predicted octanol–water partition coefficient (Wildman–Crippen LogP) is 2.25. The number of para-hydroxylation sites is 2. The van der Waals surface area contributed by atoms with Crippen LogP contribution in [0.25, 0.3) is 0 Å². The van der Waals surface area contributed by atoms with Gasteiger partial charge in [-0.15, -0.1) is 0 Å². The molecular weight excluding hydrogens is 280 g/mol. The minimum absolute atomic E-state index is 0.0556. The lowest BCUT2D eigenvalue weighted by atomic mass is 9.95. The van der Waals surface area contributed by atoms with E-state index in [-0.39, 0.29) is 24.4 Å². The lowest BCUT2D eigenvalue weighted by molar-refractivity contribution is -0.128. The fraction of sp³-hybridized carbons (Fsp3) is 0.529. The maximum absolute atomic E-state index is 12.3. The number of nitrogens with one attached hydrogen (secondary N) is 1. The summed E-state index contributed by atoms with van der Waals surface area (Å²) in [6, 6.07) is 7.60. The average Bonchev–Trinajstić information content (AvgIpc) is 2.53. The molecule has 0 spiro atoms. The van der Waals surface area contributed by atoms with Crippen molar-refractivity contribution in [3.05, 3.63) is 24.3 Å². The quantitative estimate of drug-likeness (QED) is 0.931. The van der Waals surface area contributed by atoms with Crippen LogP contribution in [0.4, 0.5) is 5.69 Å².